The van der Waals surface area contributed by atoms with E-state index < -0.39 is 6.10 Å². The molecule has 1 amide bonds. The topological polar surface area (TPSA) is 78.4 Å². The molecule has 98 valence electrons. The molecule has 1 saturated heterocycles. The highest BCUT2D eigenvalue weighted by atomic mass is 32.1. The Morgan fingerprint density at radius 3 is 3.17 bits per heavy atom. The van der Waals surface area contributed by atoms with Crippen molar-refractivity contribution in [2.75, 3.05) is 23.7 Å². The lowest BCUT2D eigenvalue weighted by molar-refractivity contribution is -0.122. The van der Waals surface area contributed by atoms with Crippen LogP contribution in [0, 0.1) is 0 Å². The van der Waals surface area contributed by atoms with E-state index in [1.54, 1.807) is 17.2 Å². The molecular formula is C11H16N4O2S. The molecule has 2 N–H and O–H groups in total. The number of β-amino-alcohol motifs (C(OH)–C–C–N with tert-alkyl or cyclic N) is 1. The number of aliphatic hydroxyl groups is 1. The highest BCUT2D eigenvalue weighted by Gasteiger charge is 2.36. The van der Waals surface area contributed by atoms with Gasteiger partial charge in [0.1, 0.15) is 18.2 Å². The Morgan fingerprint density at radius 2 is 2.50 bits per heavy atom. The lowest BCUT2D eigenvalue weighted by Crippen LogP contribution is -2.44. The van der Waals surface area contributed by atoms with Crippen LogP contribution < -0.4 is 10.2 Å². The number of nitrogens with one attached hydrogen (secondary N) is 1. The summed E-state index contributed by atoms with van der Waals surface area (Å²) in [6.45, 7) is 0.933. The summed E-state index contributed by atoms with van der Waals surface area (Å²) in [5, 5.41) is 12.5. The highest BCUT2D eigenvalue weighted by Crippen LogP contribution is 2.23. The van der Waals surface area contributed by atoms with Gasteiger partial charge in [0.25, 0.3) is 0 Å². The van der Waals surface area contributed by atoms with Gasteiger partial charge in [-0.25, -0.2) is 9.97 Å². The number of nitrogens with zero attached hydrogens (tertiary/aromatic N) is 3. The van der Waals surface area contributed by atoms with Crippen LogP contribution in [-0.2, 0) is 4.79 Å². The van der Waals surface area contributed by atoms with Crippen molar-refractivity contribution in [1.29, 1.82) is 0 Å². The molecular weight excluding hydrogens is 252 g/mol. The summed E-state index contributed by atoms with van der Waals surface area (Å²) in [5.41, 5.74) is 0. The molecule has 0 saturated carbocycles. The molecule has 6 nitrogen and oxygen atoms in total. The zero-order valence-corrected chi connectivity index (χ0v) is 10.8. The Labute approximate surface area is 111 Å². The van der Waals surface area contributed by atoms with E-state index in [0.717, 1.165) is 0 Å². The van der Waals surface area contributed by atoms with Crippen LogP contribution in [0.15, 0.2) is 18.6 Å². The Balaban J connectivity index is 2.10. The summed E-state index contributed by atoms with van der Waals surface area (Å²) in [5.74, 6) is 1.15. The lowest BCUT2D eigenvalue weighted by atomic mass is 10.2. The van der Waals surface area contributed by atoms with Gasteiger partial charge < -0.3 is 15.3 Å². The number of carbonyl (C=O) groups excluding carboxylic acids is 1. The van der Waals surface area contributed by atoms with Crippen molar-refractivity contribution in [3.63, 3.8) is 0 Å². The van der Waals surface area contributed by atoms with E-state index in [1.165, 1.54) is 6.33 Å². The van der Waals surface area contributed by atoms with Gasteiger partial charge in [0.2, 0.25) is 5.91 Å². The average molecular weight is 268 g/mol. The van der Waals surface area contributed by atoms with Crippen LogP contribution in [0.1, 0.15) is 6.42 Å². The number of thiol groups is 1. The zero-order chi connectivity index (χ0) is 13.0. The number of anilines is 1. The summed E-state index contributed by atoms with van der Waals surface area (Å²) < 4.78 is 0. The third-order valence-corrected chi connectivity index (χ3v) is 3.08. The molecule has 2 heterocycles. The molecule has 0 radical (unpaired) electrons. The first-order valence-electron chi connectivity index (χ1n) is 5.81. The Morgan fingerprint density at radius 1 is 1.67 bits per heavy atom. The van der Waals surface area contributed by atoms with Crippen LogP contribution in [0.25, 0.3) is 0 Å². The minimum Gasteiger partial charge on any atom is -0.391 e. The predicted molar refractivity (Wildman–Crippen MR) is 70.7 cm³/mol. The normalized spacial score (nSPS) is 23.1. The molecule has 1 aliphatic heterocycles. The molecule has 1 aliphatic rings. The van der Waals surface area contributed by atoms with Crippen LogP contribution >= 0.6 is 12.6 Å². The molecule has 0 bridgehead atoms. The van der Waals surface area contributed by atoms with Crippen LogP contribution in [0.4, 0.5) is 5.82 Å². The standard InChI is InChI=1S/C11H16N4O2S/c16-8-5-9(11(17)13-3-4-18)15(6-8)10-1-2-12-7-14-10/h1-2,7-9,16,18H,3-6H2,(H,13,17). The third-order valence-electron chi connectivity index (χ3n) is 2.85. The molecule has 1 fully saturated rings. The molecule has 0 spiro atoms. The first kappa shape index (κ1) is 13.1. The summed E-state index contributed by atoms with van der Waals surface area (Å²) in [4.78, 5) is 21.8. The third kappa shape index (κ3) is 2.91. The Hall–Kier alpha value is -1.34. The van der Waals surface area contributed by atoms with E-state index in [9.17, 15) is 9.90 Å². The molecule has 1 aromatic heterocycles. The molecule has 0 aliphatic carbocycles. The van der Waals surface area contributed by atoms with E-state index in [2.05, 4.69) is 27.9 Å². The van der Waals surface area contributed by atoms with Crippen molar-refractivity contribution in [3.8, 4) is 0 Å². The first-order valence-corrected chi connectivity index (χ1v) is 6.45. The highest BCUT2D eigenvalue weighted by molar-refractivity contribution is 7.80. The fraction of sp³-hybridized carbons (Fsp3) is 0.545. The van der Waals surface area contributed by atoms with Crippen molar-refractivity contribution in [2.45, 2.75) is 18.6 Å². The van der Waals surface area contributed by atoms with E-state index in [-0.39, 0.29) is 11.9 Å². The van der Waals surface area contributed by atoms with E-state index in [0.29, 0.717) is 31.1 Å². The Kier molecular flexibility index (Phi) is 4.38. The maximum Gasteiger partial charge on any atom is 0.242 e. The van der Waals surface area contributed by atoms with E-state index in [1.807, 2.05) is 0 Å². The first-order chi connectivity index (χ1) is 8.72. The van der Waals surface area contributed by atoms with E-state index >= 15 is 0 Å². The number of carbonyl (C=O) groups is 1. The maximum atomic E-state index is 12.0. The number of amides is 1. The monoisotopic (exact) mass is 268 g/mol. The number of hydrogen-bond acceptors (Lipinski definition) is 6. The second kappa shape index (κ2) is 6.01. The molecule has 0 aromatic carbocycles. The van der Waals surface area contributed by atoms with Gasteiger partial charge in [-0.05, 0) is 6.07 Å². The number of aliphatic hydroxyl groups excluding tert-OH is 1. The van der Waals surface area contributed by atoms with Crippen LogP contribution in [0.3, 0.4) is 0 Å². The second-order valence-corrected chi connectivity index (χ2v) is 4.59. The molecule has 2 unspecified atom stereocenters. The van der Waals surface area contributed by atoms with Crippen molar-refractivity contribution >= 4 is 24.4 Å². The number of aromatic nitrogens is 2. The van der Waals surface area contributed by atoms with Gasteiger partial charge in [-0.3, -0.25) is 4.79 Å². The fourth-order valence-electron chi connectivity index (χ4n) is 2.07. The van der Waals surface area contributed by atoms with Gasteiger partial charge in [0.15, 0.2) is 0 Å². The van der Waals surface area contributed by atoms with Crippen molar-refractivity contribution in [1.82, 2.24) is 15.3 Å². The number of hydrogen-bond donors (Lipinski definition) is 3. The van der Waals surface area contributed by atoms with Gasteiger partial charge >= 0.3 is 0 Å². The van der Waals surface area contributed by atoms with Crippen molar-refractivity contribution < 1.29 is 9.90 Å². The van der Waals surface area contributed by atoms with Crippen molar-refractivity contribution in [2.24, 2.45) is 0 Å². The van der Waals surface area contributed by atoms with Gasteiger partial charge in [0, 0.05) is 31.5 Å². The average Bonchev–Trinajstić information content (AvgIpc) is 2.79. The van der Waals surface area contributed by atoms with Crippen LogP contribution in [0.5, 0.6) is 0 Å². The fourth-order valence-corrected chi connectivity index (χ4v) is 2.18. The lowest BCUT2D eigenvalue weighted by Gasteiger charge is -2.24. The summed E-state index contributed by atoms with van der Waals surface area (Å²) >= 11 is 4.05. The molecule has 2 rings (SSSR count). The van der Waals surface area contributed by atoms with Gasteiger partial charge in [-0.1, -0.05) is 0 Å². The Bertz CT molecular complexity index is 403. The molecule has 7 heteroatoms. The summed E-state index contributed by atoms with van der Waals surface area (Å²) in [6.07, 6.45) is 2.97. The SMILES string of the molecule is O=C(NCCS)C1CC(O)CN1c1ccncn1. The van der Waals surface area contributed by atoms with E-state index in [4.69, 9.17) is 0 Å². The quantitative estimate of drug-likeness (QED) is 0.639. The predicted octanol–water partition coefficient (Wildman–Crippen LogP) is -0.538. The van der Waals surface area contributed by atoms with Gasteiger partial charge in [-0.2, -0.15) is 12.6 Å². The minimum atomic E-state index is -0.508. The second-order valence-electron chi connectivity index (χ2n) is 4.14. The van der Waals surface area contributed by atoms with Crippen LogP contribution in [-0.4, -0.2) is 52.0 Å². The minimum absolute atomic E-state index is 0.0980. The molecule has 18 heavy (non-hydrogen) atoms. The smallest absolute Gasteiger partial charge is 0.242 e. The summed E-state index contributed by atoms with van der Waals surface area (Å²) in [7, 11) is 0. The van der Waals surface area contributed by atoms with Gasteiger partial charge in [-0.15, -0.1) is 0 Å². The number of rotatable bonds is 4. The molecule has 1 aromatic rings. The van der Waals surface area contributed by atoms with Crippen molar-refractivity contribution in [3.05, 3.63) is 18.6 Å². The summed E-state index contributed by atoms with van der Waals surface area (Å²) in [6, 6.07) is 1.35. The maximum absolute atomic E-state index is 12.0. The zero-order valence-electron chi connectivity index (χ0n) is 9.86. The molecule has 2 atom stereocenters. The van der Waals surface area contributed by atoms with Crippen LogP contribution in [0.2, 0.25) is 0 Å². The van der Waals surface area contributed by atoms with Gasteiger partial charge in [0.05, 0.1) is 6.10 Å². The largest absolute Gasteiger partial charge is 0.391 e.